The third-order valence-electron chi connectivity index (χ3n) is 5.77. The molecule has 3 saturated heterocycles. The molecule has 0 unspecified atom stereocenters. The van der Waals surface area contributed by atoms with Crippen LogP contribution < -0.4 is 5.32 Å². The van der Waals surface area contributed by atoms with E-state index in [1.807, 2.05) is 0 Å². The number of aromatic amines is 1. The highest BCUT2D eigenvalue weighted by Gasteiger charge is 2.40. The third kappa shape index (κ3) is 2.99. The molecule has 2 N–H and O–H groups in total. The number of rotatable bonds is 4. The van der Waals surface area contributed by atoms with Gasteiger partial charge in [-0.3, -0.25) is 19.8 Å². The van der Waals surface area contributed by atoms with Crippen molar-refractivity contribution in [3.05, 3.63) is 52.2 Å². The predicted octanol–water partition coefficient (Wildman–Crippen LogP) is 2.80. The molecule has 5 rings (SSSR count). The zero-order valence-electron chi connectivity index (χ0n) is 14.6. The molecule has 1 aromatic heterocycles. The standard InChI is InChI=1S/C19H22N4O3/c1-12-18(13-7-9-22(12)10-8-13)21-19(24)17-6-5-16(20-17)14-3-2-4-15(11-14)23(25)26/h2-6,11-13,18,20H,7-10H2,1H3,(H,21,24)/t12-,18-/m0/s1. The predicted molar refractivity (Wildman–Crippen MR) is 97.9 cm³/mol. The van der Waals surface area contributed by atoms with Crippen molar-refractivity contribution in [1.29, 1.82) is 0 Å². The Balaban J connectivity index is 1.50. The number of aromatic nitrogens is 1. The van der Waals surface area contributed by atoms with Gasteiger partial charge in [0, 0.05) is 35.5 Å². The lowest BCUT2D eigenvalue weighted by atomic mass is 9.79. The molecule has 0 saturated carbocycles. The Labute approximate surface area is 151 Å². The first kappa shape index (κ1) is 16.8. The molecular formula is C19H22N4O3. The topological polar surface area (TPSA) is 91.3 Å². The van der Waals surface area contributed by atoms with Gasteiger partial charge < -0.3 is 10.3 Å². The second kappa shape index (κ2) is 6.57. The number of carbonyl (C=O) groups is 1. The fourth-order valence-corrected chi connectivity index (χ4v) is 4.26. The van der Waals surface area contributed by atoms with E-state index in [4.69, 9.17) is 0 Å². The largest absolute Gasteiger partial charge is 0.351 e. The van der Waals surface area contributed by atoms with Crippen LogP contribution >= 0.6 is 0 Å². The van der Waals surface area contributed by atoms with Crippen LogP contribution in [0.1, 0.15) is 30.3 Å². The van der Waals surface area contributed by atoms with Crippen molar-refractivity contribution in [2.24, 2.45) is 5.92 Å². The summed E-state index contributed by atoms with van der Waals surface area (Å²) in [5.74, 6) is 0.428. The molecule has 2 bridgehead atoms. The third-order valence-corrected chi connectivity index (χ3v) is 5.77. The Morgan fingerprint density at radius 3 is 2.73 bits per heavy atom. The van der Waals surface area contributed by atoms with E-state index in [0.29, 0.717) is 28.9 Å². The molecule has 4 heterocycles. The van der Waals surface area contributed by atoms with Crippen molar-refractivity contribution < 1.29 is 9.72 Å². The number of piperidine rings is 3. The van der Waals surface area contributed by atoms with Crippen LogP contribution in [0.3, 0.4) is 0 Å². The van der Waals surface area contributed by atoms with Crippen LogP contribution in [-0.4, -0.2) is 45.9 Å². The molecule has 0 aliphatic carbocycles. The van der Waals surface area contributed by atoms with E-state index < -0.39 is 4.92 Å². The number of nitro groups is 1. The molecule has 0 radical (unpaired) electrons. The summed E-state index contributed by atoms with van der Waals surface area (Å²) >= 11 is 0. The molecule has 2 aromatic rings. The Morgan fingerprint density at radius 1 is 1.27 bits per heavy atom. The molecule has 136 valence electrons. The molecule has 0 spiro atoms. The fraction of sp³-hybridized carbons (Fsp3) is 0.421. The molecular weight excluding hydrogens is 332 g/mol. The highest BCUT2D eigenvalue weighted by molar-refractivity contribution is 5.93. The number of hydrogen-bond donors (Lipinski definition) is 2. The summed E-state index contributed by atoms with van der Waals surface area (Å²) in [6, 6.07) is 10.4. The van der Waals surface area contributed by atoms with Crippen molar-refractivity contribution in [2.45, 2.75) is 31.8 Å². The zero-order valence-corrected chi connectivity index (χ0v) is 14.6. The van der Waals surface area contributed by atoms with Crippen molar-refractivity contribution in [1.82, 2.24) is 15.2 Å². The molecule has 1 amide bonds. The number of amides is 1. The monoisotopic (exact) mass is 354 g/mol. The average molecular weight is 354 g/mol. The summed E-state index contributed by atoms with van der Waals surface area (Å²) in [5.41, 5.74) is 1.90. The van der Waals surface area contributed by atoms with Crippen LogP contribution in [0.25, 0.3) is 11.3 Å². The number of non-ortho nitro benzene ring substituents is 1. The molecule has 1 aromatic carbocycles. The summed E-state index contributed by atoms with van der Waals surface area (Å²) in [6.07, 6.45) is 2.28. The van der Waals surface area contributed by atoms with E-state index in [2.05, 4.69) is 22.1 Å². The number of carbonyl (C=O) groups excluding carboxylic acids is 1. The van der Waals surface area contributed by atoms with Crippen molar-refractivity contribution >= 4 is 11.6 Å². The fourth-order valence-electron chi connectivity index (χ4n) is 4.26. The quantitative estimate of drug-likeness (QED) is 0.652. The minimum atomic E-state index is -0.422. The molecule has 7 nitrogen and oxygen atoms in total. The zero-order chi connectivity index (χ0) is 18.3. The van der Waals surface area contributed by atoms with Crippen molar-refractivity contribution in [3.63, 3.8) is 0 Å². The molecule has 2 atom stereocenters. The Kier molecular flexibility index (Phi) is 4.24. The number of fused-ring (bicyclic) bond motifs is 3. The Hall–Kier alpha value is -2.67. The maximum absolute atomic E-state index is 12.7. The van der Waals surface area contributed by atoms with E-state index >= 15 is 0 Å². The van der Waals surface area contributed by atoms with Crippen LogP contribution in [0, 0.1) is 16.0 Å². The highest BCUT2D eigenvalue weighted by atomic mass is 16.6. The van der Waals surface area contributed by atoms with Gasteiger partial charge in [-0.05, 0) is 50.9 Å². The second-order valence-electron chi connectivity index (χ2n) is 7.21. The van der Waals surface area contributed by atoms with E-state index in [-0.39, 0.29) is 17.6 Å². The number of nitro benzene ring substituents is 1. The van der Waals surface area contributed by atoms with E-state index in [9.17, 15) is 14.9 Å². The smallest absolute Gasteiger partial charge is 0.270 e. The van der Waals surface area contributed by atoms with Gasteiger partial charge in [0.2, 0.25) is 0 Å². The van der Waals surface area contributed by atoms with Gasteiger partial charge in [-0.2, -0.15) is 0 Å². The number of hydrogen-bond acceptors (Lipinski definition) is 4. The lowest BCUT2D eigenvalue weighted by molar-refractivity contribution is -0.384. The molecule has 7 heteroatoms. The van der Waals surface area contributed by atoms with Crippen LogP contribution in [0.5, 0.6) is 0 Å². The number of H-pyrrole nitrogens is 1. The van der Waals surface area contributed by atoms with Gasteiger partial charge in [0.1, 0.15) is 5.69 Å². The van der Waals surface area contributed by atoms with E-state index in [1.54, 1.807) is 24.3 Å². The van der Waals surface area contributed by atoms with Gasteiger partial charge >= 0.3 is 0 Å². The second-order valence-corrected chi connectivity index (χ2v) is 7.21. The van der Waals surface area contributed by atoms with Gasteiger partial charge in [-0.25, -0.2) is 0 Å². The van der Waals surface area contributed by atoms with Crippen LogP contribution in [0.15, 0.2) is 36.4 Å². The van der Waals surface area contributed by atoms with Crippen LogP contribution in [-0.2, 0) is 0 Å². The summed E-state index contributed by atoms with van der Waals surface area (Å²) in [6.45, 7) is 4.43. The van der Waals surface area contributed by atoms with Crippen molar-refractivity contribution in [3.8, 4) is 11.3 Å². The maximum atomic E-state index is 12.7. The van der Waals surface area contributed by atoms with Crippen molar-refractivity contribution in [2.75, 3.05) is 13.1 Å². The number of nitrogens with zero attached hydrogens (tertiary/aromatic N) is 2. The molecule has 3 fully saturated rings. The molecule has 3 aliphatic rings. The summed E-state index contributed by atoms with van der Waals surface area (Å²) in [5, 5.41) is 14.1. The van der Waals surface area contributed by atoms with E-state index in [0.717, 1.165) is 25.9 Å². The minimum absolute atomic E-state index is 0.0317. The lowest BCUT2D eigenvalue weighted by Crippen LogP contribution is -2.62. The number of nitrogens with one attached hydrogen (secondary N) is 2. The summed E-state index contributed by atoms with van der Waals surface area (Å²) in [7, 11) is 0. The first-order valence-electron chi connectivity index (χ1n) is 9.01. The summed E-state index contributed by atoms with van der Waals surface area (Å²) in [4.78, 5) is 28.7. The van der Waals surface area contributed by atoms with Gasteiger partial charge in [-0.1, -0.05) is 12.1 Å². The number of benzene rings is 1. The minimum Gasteiger partial charge on any atom is -0.351 e. The van der Waals surface area contributed by atoms with Gasteiger partial charge in [0.25, 0.3) is 11.6 Å². The summed E-state index contributed by atoms with van der Waals surface area (Å²) < 4.78 is 0. The Bertz CT molecular complexity index is 837. The highest BCUT2D eigenvalue weighted by Crippen LogP contribution is 2.32. The SMILES string of the molecule is C[C@H]1[C@H](NC(=O)c2ccc(-c3cccc([N+](=O)[O-])c3)[nH]2)C2CCN1CC2. The van der Waals surface area contributed by atoms with Gasteiger partial charge in [-0.15, -0.1) is 0 Å². The van der Waals surface area contributed by atoms with Gasteiger partial charge in [0.15, 0.2) is 0 Å². The van der Waals surface area contributed by atoms with E-state index in [1.165, 1.54) is 12.1 Å². The molecule has 26 heavy (non-hydrogen) atoms. The van der Waals surface area contributed by atoms with Crippen LogP contribution in [0.2, 0.25) is 0 Å². The molecule has 3 aliphatic heterocycles. The first-order valence-corrected chi connectivity index (χ1v) is 9.01. The normalized spacial score (nSPS) is 27.3. The maximum Gasteiger partial charge on any atom is 0.270 e. The lowest BCUT2D eigenvalue weighted by Gasteiger charge is -2.49. The van der Waals surface area contributed by atoms with Gasteiger partial charge in [0.05, 0.1) is 4.92 Å². The first-order chi connectivity index (χ1) is 12.5. The Morgan fingerprint density at radius 2 is 2.04 bits per heavy atom. The van der Waals surface area contributed by atoms with Crippen LogP contribution in [0.4, 0.5) is 5.69 Å². The average Bonchev–Trinajstić information content (AvgIpc) is 3.15.